The van der Waals surface area contributed by atoms with Crippen molar-refractivity contribution in [1.29, 1.82) is 0 Å². The Morgan fingerprint density at radius 3 is 2.69 bits per heavy atom. The van der Waals surface area contributed by atoms with Crippen molar-refractivity contribution < 1.29 is 9.90 Å². The van der Waals surface area contributed by atoms with Crippen molar-refractivity contribution in [2.24, 2.45) is 10.7 Å². The number of aromatic nitrogens is 3. The predicted molar refractivity (Wildman–Crippen MR) is 111 cm³/mol. The molecular weight excluding hydrogens is 390 g/mol. The lowest BCUT2D eigenvalue weighted by Crippen LogP contribution is -2.11. The molecule has 3 N–H and O–H groups in total. The molecular formula is C21H20ClN5O2. The Labute approximate surface area is 172 Å². The highest BCUT2D eigenvalue weighted by atomic mass is 35.5. The van der Waals surface area contributed by atoms with Gasteiger partial charge in [0.05, 0.1) is 11.4 Å². The lowest BCUT2D eigenvalue weighted by molar-refractivity contribution is -0.118. The SMILES string of the molecule is Cc1nnc2n1-c1ccc(O)cc1C(c1ccc(Cl)cc1)=N[C@H]2CCCC(N)=O. The van der Waals surface area contributed by atoms with Crippen LogP contribution in [0, 0.1) is 6.92 Å². The minimum atomic E-state index is -0.341. The molecule has 8 heteroatoms. The van der Waals surface area contributed by atoms with Gasteiger partial charge in [-0.3, -0.25) is 14.4 Å². The van der Waals surface area contributed by atoms with Crippen LogP contribution < -0.4 is 5.73 Å². The molecule has 0 aliphatic carbocycles. The van der Waals surface area contributed by atoms with E-state index in [4.69, 9.17) is 22.3 Å². The van der Waals surface area contributed by atoms with Crippen LogP contribution in [-0.4, -0.2) is 31.5 Å². The van der Waals surface area contributed by atoms with Crippen molar-refractivity contribution >= 4 is 23.2 Å². The van der Waals surface area contributed by atoms with Gasteiger partial charge in [0.2, 0.25) is 5.91 Å². The summed E-state index contributed by atoms with van der Waals surface area (Å²) >= 11 is 6.07. The molecule has 0 spiro atoms. The number of carbonyl (C=O) groups is 1. The van der Waals surface area contributed by atoms with Gasteiger partial charge in [0.1, 0.15) is 17.6 Å². The Morgan fingerprint density at radius 1 is 1.21 bits per heavy atom. The molecule has 0 fully saturated rings. The third-order valence-electron chi connectivity index (χ3n) is 4.93. The number of hydrogen-bond acceptors (Lipinski definition) is 5. The fraction of sp³-hybridized carbons (Fsp3) is 0.238. The van der Waals surface area contributed by atoms with E-state index in [-0.39, 0.29) is 24.1 Å². The van der Waals surface area contributed by atoms with Crippen molar-refractivity contribution in [3.8, 4) is 11.4 Å². The van der Waals surface area contributed by atoms with Crippen molar-refractivity contribution in [3.05, 3.63) is 70.3 Å². The first-order chi connectivity index (χ1) is 13.9. The number of aromatic hydroxyl groups is 1. The zero-order valence-corrected chi connectivity index (χ0v) is 16.6. The summed E-state index contributed by atoms with van der Waals surface area (Å²) in [4.78, 5) is 16.2. The van der Waals surface area contributed by atoms with Gasteiger partial charge in [-0.25, -0.2) is 0 Å². The molecule has 1 aromatic heterocycles. The Morgan fingerprint density at radius 2 is 1.97 bits per heavy atom. The van der Waals surface area contributed by atoms with Gasteiger partial charge in [0.25, 0.3) is 0 Å². The summed E-state index contributed by atoms with van der Waals surface area (Å²) in [5.74, 6) is 1.22. The molecule has 0 unspecified atom stereocenters. The maximum Gasteiger partial charge on any atom is 0.217 e. The molecule has 148 valence electrons. The number of phenols is 1. The molecule has 1 aliphatic rings. The third-order valence-corrected chi connectivity index (χ3v) is 5.18. The van der Waals surface area contributed by atoms with E-state index in [9.17, 15) is 9.90 Å². The number of aryl methyl sites for hydroxylation is 1. The Hall–Kier alpha value is -3.19. The monoisotopic (exact) mass is 409 g/mol. The summed E-state index contributed by atoms with van der Waals surface area (Å²) in [6, 6.07) is 12.3. The van der Waals surface area contributed by atoms with E-state index in [0.29, 0.717) is 23.7 Å². The average Bonchev–Trinajstić information content (AvgIpc) is 3.00. The van der Waals surface area contributed by atoms with E-state index < -0.39 is 0 Å². The number of phenolic OH excluding ortho intramolecular Hbond substituents is 1. The molecule has 2 heterocycles. The molecule has 0 saturated carbocycles. The number of aliphatic imine (C=N–C) groups is 1. The molecule has 1 aliphatic heterocycles. The topological polar surface area (TPSA) is 106 Å². The standard InChI is InChI=1S/C21H20ClN5O2/c1-12-25-26-21-17(3-2-4-19(23)29)24-20(13-5-7-14(22)8-6-13)16-11-15(28)9-10-18(16)27(12)21/h5-11,17,28H,2-4H2,1H3,(H2,23,29)/t17-/m0/s1. The van der Waals surface area contributed by atoms with Gasteiger partial charge in [-0.05, 0) is 50.1 Å². The van der Waals surface area contributed by atoms with Crippen LogP contribution in [0.3, 0.4) is 0 Å². The fourth-order valence-electron chi connectivity index (χ4n) is 3.59. The van der Waals surface area contributed by atoms with Crippen LogP contribution in [0.2, 0.25) is 5.02 Å². The van der Waals surface area contributed by atoms with Crippen molar-refractivity contribution in [3.63, 3.8) is 0 Å². The number of nitrogens with two attached hydrogens (primary N) is 1. The highest BCUT2D eigenvalue weighted by Gasteiger charge is 2.28. The van der Waals surface area contributed by atoms with Crippen LogP contribution >= 0.6 is 11.6 Å². The van der Waals surface area contributed by atoms with Gasteiger partial charge in [-0.15, -0.1) is 10.2 Å². The molecule has 1 atom stereocenters. The van der Waals surface area contributed by atoms with E-state index in [1.807, 2.05) is 29.7 Å². The van der Waals surface area contributed by atoms with Crippen LogP contribution in [0.1, 0.15) is 48.1 Å². The Bertz CT molecular complexity index is 1100. The quantitative estimate of drug-likeness (QED) is 0.672. The Balaban J connectivity index is 1.90. The number of carbonyl (C=O) groups excluding carboxylic acids is 1. The number of fused-ring (bicyclic) bond motifs is 3. The zero-order valence-electron chi connectivity index (χ0n) is 15.8. The molecule has 0 bridgehead atoms. The highest BCUT2D eigenvalue weighted by molar-refractivity contribution is 6.30. The van der Waals surface area contributed by atoms with Crippen LogP contribution in [0.15, 0.2) is 47.5 Å². The lowest BCUT2D eigenvalue weighted by Gasteiger charge is -2.13. The number of benzene rings is 2. The summed E-state index contributed by atoms with van der Waals surface area (Å²) in [5, 5.41) is 19.4. The van der Waals surface area contributed by atoms with E-state index >= 15 is 0 Å². The fourth-order valence-corrected chi connectivity index (χ4v) is 3.71. The van der Waals surface area contributed by atoms with E-state index in [1.54, 1.807) is 24.3 Å². The van der Waals surface area contributed by atoms with Crippen molar-refractivity contribution in [2.75, 3.05) is 0 Å². The number of primary amides is 1. The molecule has 0 saturated heterocycles. The van der Waals surface area contributed by atoms with Crippen LogP contribution in [0.4, 0.5) is 0 Å². The maximum absolute atomic E-state index is 11.2. The lowest BCUT2D eigenvalue weighted by atomic mass is 10.00. The van der Waals surface area contributed by atoms with E-state index in [0.717, 1.165) is 28.4 Å². The van der Waals surface area contributed by atoms with Crippen molar-refractivity contribution in [1.82, 2.24) is 14.8 Å². The largest absolute Gasteiger partial charge is 0.508 e. The smallest absolute Gasteiger partial charge is 0.217 e. The Kier molecular flexibility index (Phi) is 5.07. The summed E-state index contributed by atoms with van der Waals surface area (Å²) in [6.07, 6.45) is 1.46. The second-order valence-electron chi connectivity index (χ2n) is 7.00. The molecule has 0 radical (unpaired) electrons. The second-order valence-corrected chi connectivity index (χ2v) is 7.44. The number of halogens is 1. The third kappa shape index (κ3) is 3.73. The first kappa shape index (κ1) is 19.1. The molecule has 4 rings (SSSR count). The van der Waals surface area contributed by atoms with Crippen LogP contribution in [0.25, 0.3) is 5.69 Å². The van der Waals surface area contributed by atoms with Gasteiger partial charge in [0, 0.05) is 22.6 Å². The first-order valence-electron chi connectivity index (χ1n) is 9.32. The summed E-state index contributed by atoms with van der Waals surface area (Å²) in [6.45, 7) is 1.88. The molecule has 2 aromatic carbocycles. The van der Waals surface area contributed by atoms with Gasteiger partial charge >= 0.3 is 0 Å². The van der Waals surface area contributed by atoms with Gasteiger partial charge < -0.3 is 10.8 Å². The maximum atomic E-state index is 11.2. The number of nitrogens with zero attached hydrogens (tertiary/aromatic N) is 4. The summed E-state index contributed by atoms with van der Waals surface area (Å²) in [5.41, 5.74) is 8.52. The number of amides is 1. The zero-order chi connectivity index (χ0) is 20.5. The minimum absolute atomic E-state index is 0.143. The molecule has 1 amide bonds. The van der Waals surface area contributed by atoms with Gasteiger partial charge in [0.15, 0.2) is 5.82 Å². The first-order valence-corrected chi connectivity index (χ1v) is 9.69. The molecule has 3 aromatic rings. The van der Waals surface area contributed by atoms with Crippen LogP contribution in [0.5, 0.6) is 5.75 Å². The minimum Gasteiger partial charge on any atom is -0.508 e. The predicted octanol–water partition coefficient (Wildman–Crippen LogP) is 3.48. The number of hydrogen-bond donors (Lipinski definition) is 2. The molecule has 29 heavy (non-hydrogen) atoms. The van der Waals surface area contributed by atoms with Gasteiger partial charge in [-0.2, -0.15) is 0 Å². The van der Waals surface area contributed by atoms with E-state index in [1.165, 1.54) is 0 Å². The highest BCUT2D eigenvalue weighted by Crippen LogP contribution is 2.34. The normalized spacial score (nSPS) is 15.2. The van der Waals surface area contributed by atoms with E-state index in [2.05, 4.69) is 10.2 Å². The van der Waals surface area contributed by atoms with Crippen molar-refractivity contribution in [2.45, 2.75) is 32.2 Å². The number of rotatable bonds is 5. The average molecular weight is 410 g/mol. The second kappa shape index (κ2) is 7.67. The molecule has 7 nitrogen and oxygen atoms in total. The summed E-state index contributed by atoms with van der Waals surface area (Å²) in [7, 11) is 0. The van der Waals surface area contributed by atoms with Crippen LogP contribution in [-0.2, 0) is 4.79 Å². The van der Waals surface area contributed by atoms with Gasteiger partial charge in [-0.1, -0.05) is 23.7 Å². The summed E-state index contributed by atoms with van der Waals surface area (Å²) < 4.78 is 1.95.